The van der Waals surface area contributed by atoms with Gasteiger partial charge < -0.3 is 14.8 Å². The predicted molar refractivity (Wildman–Crippen MR) is 84.9 cm³/mol. The number of rotatable bonds is 7. The van der Waals surface area contributed by atoms with Crippen LogP contribution < -0.4 is 10.1 Å². The van der Waals surface area contributed by atoms with Crippen molar-refractivity contribution in [2.24, 2.45) is 0 Å². The number of pyridine rings is 1. The van der Waals surface area contributed by atoms with Crippen molar-refractivity contribution in [2.45, 2.75) is 20.4 Å². The zero-order chi connectivity index (χ0) is 15.1. The summed E-state index contributed by atoms with van der Waals surface area (Å²) in [5.41, 5.74) is 4.93. The molecule has 1 aromatic carbocycles. The van der Waals surface area contributed by atoms with Gasteiger partial charge in [-0.15, -0.1) is 0 Å². The summed E-state index contributed by atoms with van der Waals surface area (Å²) >= 11 is 0. The first kappa shape index (κ1) is 15.3. The van der Waals surface area contributed by atoms with Gasteiger partial charge in [-0.3, -0.25) is 0 Å². The number of ether oxygens (including phenoxy) is 2. The van der Waals surface area contributed by atoms with Gasteiger partial charge in [0, 0.05) is 19.7 Å². The minimum Gasteiger partial charge on any atom is -0.475 e. The van der Waals surface area contributed by atoms with Crippen molar-refractivity contribution in [3.63, 3.8) is 0 Å². The van der Waals surface area contributed by atoms with Crippen molar-refractivity contribution in [3.05, 3.63) is 53.2 Å². The van der Waals surface area contributed by atoms with Gasteiger partial charge >= 0.3 is 0 Å². The molecule has 2 rings (SSSR count). The highest BCUT2D eigenvalue weighted by molar-refractivity contribution is 5.44. The maximum atomic E-state index is 5.44. The Hall–Kier alpha value is -2.07. The Labute approximate surface area is 126 Å². The number of hydrogen-bond acceptors (Lipinski definition) is 4. The molecule has 0 saturated carbocycles. The second kappa shape index (κ2) is 7.64. The third-order valence-electron chi connectivity index (χ3n) is 3.47. The van der Waals surface area contributed by atoms with Crippen LogP contribution in [0.4, 0.5) is 5.69 Å². The monoisotopic (exact) mass is 286 g/mol. The van der Waals surface area contributed by atoms with Crippen LogP contribution in [0.1, 0.15) is 16.7 Å². The lowest BCUT2D eigenvalue weighted by Crippen LogP contribution is -2.06. The fraction of sp³-hybridized carbons (Fsp3) is 0.353. The van der Waals surface area contributed by atoms with Gasteiger partial charge in [0.05, 0.1) is 18.5 Å². The fourth-order valence-corrected chi connectivity index (χ4v) is 2.00. The molecule has 0 bridgehead atoms. The van der Waals surface area contributed by atoms with Gasteiger partial charge in [0.15, 0.2) is 0 Å². The van der Waals surface area contributed by atoms with E-state index in [1.54, 1.807) is 13.3 Å². The van der Waals surface area contributed by atoms with E-state index in [0.29, 0.717) is 19.1 Å². The first-order valence-corrected chi connectivity index (χ1v) is 7.07. The molecule has 112 valence electrons. The quantitative estimate of drug-likeness (QED) is 0.793. The van der Waals surface area contributed by atoms with Gasteiger partial charge in [0.25, 0.3) is 0 Å². The summed E-state index contributed by atoms with van der Waals surface area (Å²) < 4.78 is 10.4. The number of anilines is 1. The Balaban J connectivity index is 1.90. The van der Waals surface area contributed by atoms with Gasteiger partial charge in [-0.1, -0.05) is 18.2 Å². The molecule has 0 atom stereocenters. The van der Waals surface area contributed by atoms with Crippen LogP contribution in [0.5, 0.6) is 5.88 Å². The number of aromatic nitrogens is 1. The molecular weight excluding hydrogens is 264 g/mol. The van der Waals surface area contributed by atoms with Crippen LogP contribution in [0.3, 0.4) is 0 Å². The summed E-state index contributed by atoms with van der Waals surface area (Å²) in [6.45, 7) is 6.15. The van der Waals surface area contributed by atoms with Crippen LogP contribution in [0, 0.1) is 13.8 Å². The fourth-order valence-electron chi connectivity index (χ4n) is 2.00. The zero-order valence-electron chi connectivity index (χ0n) is 12.8. The van der Waals surface area contributed by atoms with E-state index in [0.717, 1.165) is 12.2 Å². The molecule has 1 aromatic heterocycles. The van der Waals surface area contributed by atoms with Gasteiger partial charge in [0.1, 0.15) is 6.61 Å². The standard InChI is InChI=1S/C17H22N2O2/c1-13-5-4-6-15(14(13)2)11-18-16-7-8-17(19-12-16)21-10-9-20-3/h4-8,12,18H,9-11H2,1-3H3. The lowest BCUT2D eigenvalue weighted by Gasteiger charge is -2.11. The van der Waals surface area contributed by atoms with Crippen molar-refractivity contribution in [1.29, 1.82) is 0 Å². The average Bonchev–Trinajstić information content (AvgIpc) is 2.50. The maximum absolute atomic E-state index is 5.44. The van der Waals surface area contributed by atoms with E-state index in [9.17, 15) is 0 Å². The molecule has 0 amide bonds. The number of benzene rings is 1. The van der Waals surface area contributed by atoms with Crippen LogP contribution >= 0.6 is 0 Å². The van der Waals surface area contributed by atoms with E-state index in [4.69, 9.17) is 9.47 Å². The second-order valence-corrected chi connectivity index (χ2v) is 4.94. The molecule has 21 heavy (non-hydrogen) atoms. The van der Waals surface area contributed by atoms with Crippen molar-refractivity contribution in [3.8, 4) is 5.88 Å². The van der Waals surface area contributed by atoms with E-state index < -0.39 is 0 Å². The van der Waals surface area contributed by atoms with Crippen molar-refractivity contribution in [1.82, 2.24) is 4.98 Å². The van der Waals surface area contributed by atoms with E-state index >= 15 is 0 Å². The molecule has 1 N–H and O–H groups in total. The van der Waals surface area contributed by atoms with Crippen molar-refractivity contribution in [2.75, 3.05) is 25.6 Å². The molecular formula is C17H22N2O2. The Morgan fingerprint density at radius 1 is 1.10 bits per heavy atom. The van der Waals surface area contributed by atoms with Gasteiger partial charge in [-0.05, 0) is 36.6 Å². The minimum atomic E-state index is 0.513. The van der Waals surface area contributed by atoms with E-state index in [2.05, 4.69) is 42.3 Å². The molecule has 0 saturated heterocycles. The summed E-state index contributed by atoms with van der Waals surface area (Å²) in [4.78, 5) is 4.26. The molecule has 0 aliphatic carbocycles. The number of nitrogens with zero attached hydrogens (tertiary/aromatic N) is 1. The third-order valence-corrected chi connectivity index (χ3v) is 3.47. The van der Waals surface area contributed by atoms with Crippen molar-refractivity contribution >= 4 is 5.69 Å². The number of methoxy groups -OCH3 is 1. The van der Waals surface area contributed by atoms with Gasteiger partial charge in [0.2, 0.25) is 5.88 Å². The first-order chi connectivity index (χ1) is 10.2. The Morgan fingerprint density at radius 3 is 2.67 bits per heavy atom. The molecule has 0 radical (unpaired) electrons. The number of aryl methyl sites for hydroxylation is 1. The zero-order valence-corrected chi connectivity index (χ0v) is 12.8. The topological polar surface area (TPSA) is 43.4 Å². The molecule has 0 spiro atoms. The molecule has 4 nitrogen and oxygen atoms in total. The summed E-state index contributed by atoms with van der Waals surface area (Å²) in [6, 6.07) is 10.2. The lowest BCUT2D eigenvalue weighted by atomic mass is 10.0. The highest BCUT2D eigenvalue weighted by Gasteiger charge is 2.01. The number of hydrogen-bond donors (Lipinski definition) is 1. The summed E-state index contributed by atoms with van der Waals surface area (Å²) in [5.74, 6) is 0.615. The molecule has 0 unspecified atom stereocenters. The first-order valence-electron chi connectivity index (χ1n) is 7.07. The Morgan fingerprint density at radius 2 is 1.95 bits per heavy atom. The summed E-state index contributed by atoms with van der Waals surface area (Å²) in [5, 5.41) is 3.38. The van der Waals surface area contributed by atoms with Crippen LogP contribution in [0.25, 0.3) is 0 Å². The molecule has 2 aromatic rings. The summed E-state index contributed by atoms with van der Waals surface area (Å²) in [7, 11) is 1.65. The second-order valence-electron chi connectivity index (χ2n) is 4.94. The van der Waals surface area contributed by atoms with Crippen LogP contribution in [0.15, 0.2) is 36.5 Å². The van der Waals surface area contributed by atoms with Crippen molar-refractivity contribution < 1.29 is 9.47 Å². The lowest BCUT2D eigenvalue weighted by molar-refractivity contribution is 0.144. The highest BCUT2D eigenvalue weighted by Crippen LogP contribution is 2.16. The third kappa shape index (κ3) is 4.46. The molecule has 0 aliphatic rings. The minimum absolute atomic E-state index is 0.513. The Bertz CT molecular complexity index is 568. The molecule has 1 heterocycles. The summed E-state index contributed by atoms with van der Waals surface area (Å²) in [6.07, 6.45) is 1.78. The Kier molecular flexibility index (Phi) is 5.58. The SMILES string of the molecule is COCCOc1ccc(NCc2cccc(C)c2C)cn1. The largest absolute Gasteiger partial charge is 0.475 e. The van der Waals surface area contributed by atoms with Gasteiger partial charge in [-0.2, -0.15) is 0 Å². The number of nitrogens with one attached hydrogen (secondary N) is 1. The van der Waals surface area contributed by atoms with Crippen LogP contribution in [0.2, 0.25) is 0 Å². The highest BCUT2D eigenvalue weighted by atomic mass is 16.5. The predicted octanol–water partition coefficient (Wildman–Crippen LogP) is 3.34. The van der Waals surface area contributed by atoms with Crippen LogP contribution in [-0.4, -0.2) is 25.3 Å². The molecule has 0 aliphatic heterocycles. The molecule has 0 fully saturated rings. The molecule has 4 heteroatoms. The van der Waals surface area contributed by atoms with E-state index in [-0.39, 0.29) is 0 Å². The average molecular weight is 286 g/mol. The van der Waals surface area contributed by atoms with E-state index in [1.807, 2.05) is 12.1 Å². The maximum Gasteiger partial charge on any atom is 0.213 e. The van der Waals surface area contributed by atoms with Gasteiger partial charge in [-0.25, -0.2) is 4.98 Å². The van der Waals surface area contributed by atoms with E-state index in [1.165, 1.54) is 16.7 Å². The van der Waals surface area contributed by atoms with Crippen LogP contribution in [-0.2, 0) is 11.3 Å². The smallest absolute Gasteiger partial charge is 0.213 e. The normalized spacial score (nSPS) is 10.4.